The molecule has 2 N–H and O–H groups in total. The van der Waals surface area contributed by atoms with Crippen molar-refractivity contribution in [3.05, 3.63) is 38.2 Å². The van der Waals surface area contributed by atoms with Crippen molar-refractivity contribution in [3.8, 4) is 0 Å². The van der Waals surface area contributed by atoms with Gasteiger partial charge >= 0.3 is 5.69 Å². The van der Waals surface area contributed by atoms with Gasteiger partial charge in [-0.2, -0.15) is 4.98 Å². The van der Waals surface area contributed by atoms with Gasteiger partial charge in [0.2, 0.25) is 11.8 Å². The molecule has 0 aromatic carbocycles. The van der Waals surface area contributed by atoms with Crippen molar-refractivity contribution >= 4 is 28.8 Å². The molecule has 106 valence electrons. The zero-order chi connectivity index (χ0) is 14.9. The van der Waals surface area contributed by atoms with Crippen LogP contribution in [0.3, 0.4) is 0 Å². The molecule has 20 heavy (non-hydrogen) atoms. The van der Waals surface area contributed by atoms with Crippen LogP contribution >= 0.6 is 11.3 Å². The van der Waals surface area contributed by atoms with E-state index in [0.717, 1.165) is 4.88 Å². The van der Waals surface area contributed by atoms with Gasteiger partial charge in [0.25, 0.3) is 0 Å². The highest BCUT2D eigenvalue weighted by molar-refractivity contribution is 7.10. The lowest BCUT2D eigenvalue weighted by Crippen LogP contribution is -2.24. The van der Waals surface area contributed by atoms with Crippen LogP contribution in [0.1, 0.15) is 23.5 Å². The Morgan fingerprint density at radius 2 is 2.20 bits per heavy atom. The molecule has 0 aliphatic carbocycles. The molecule has 2 rings (SSSR count). The molecule has 8 heteroatoms. The number of nitrogens with zero attached hydrogens (tertiary/aromatic N) is 4. The largest absolute Gasteiger partial charge is 0.368 e. The maximum Gasteiger partial charge on any atom is 0.332 e. The van der Waals surface area contributed by atoms with Crippen molar-refractivity contribution < 1.29 is 4.92 Å². The summed E-state index contributed by atoms with van der Waals surface area (Å²) in [5, 5.41) is 13.2. The van der Waals surface area contributed by atoms with E-state index in [1.807, 2.05) is 24.4 Å². The Balaban J connectivity index is 2.48. The SMILES string of the molecule is Cc1nc(N)nc(N(C)C(C)c2cccs2)c1[N+](=O)[O-]. The van der Waals surface area contributed by atoms with Gasteiger partial charge in [-0.3, -0.25) is 10.1 Å². The van der Waals surface area contributed by atoms with E-state index < -0.39 is 4.92 Å². The third-order valence-electron chi connectivity index (χ3n) is 3.11. The van der Waals surface area contributed by atoms with Crippen molar-refractivity contribution in [2.24, 2.45) is 0 Å². The quantitative estimate of drug-likeness (QED) is 0.687. The number of nitrogen functional groups attached to an aromatic ring is 1. The molecular weight excluding hydrogens is 278 g/mol. The van der Waals surface area contributed by atoms with Crippen LogP contribution in [0.15, 0.2) is 17.5 Å². The summed E-state index contributed by atoms with van der Waals surface area (Å²) in [6.45, 7) is 3.52. The average Bonchev–Trinajstić information content (AvgIpc) is 2.89. The minimum atomic E-state index is -0.470. The summed E-state index contributed by atoms with van der Waals surface area (Å²) in [6, 6.07) is 3.88. The van der Waals surface area contributed by atoms with Gasteiger partial charge in [-0.25, -0.2) is 4.98 Å². The fraction of sp³-hybridized carbons (Fsp3) is 0.333. The minimum absolute atomic E-state index is 0.0355. The number of rotatable bonds is 4. The standard InChI is InChI=1S/C12H15N5O2S/c1-7-10(17(18)19)11(15-12(13)14-7)16(3)8(2)9-5-4-6-20-9/h4-6,8H,1-3H3,(H2,13,14,15). The summed E-state index contributed by atoms with van der Waals surface area (Å²) in [7, 11) is 1.76. The van der Waals surface area contributed by atoms with E-state index in [2.05, 4.69) is 9.97 Å². The van der Waals surface area contributed by atoms with E-state index in [0.29, 0.717) is 0 Å². The van der Waals surface area contributed by atoms with Crippen LogP contribution in [-0.2, 0) is 0 Å². The molecule has 0 radical (unpaired) electrons. The first-order chi connectivity index (χ1) is 9.41. The Kier molecular flexibility index (Phi) is 3.84. The van der Waals surface area contributed by atoms with E-state index in [9.17, 15) is 10.1 Å². The molecule has 0 spiro atoms. The number of nitro groups is 1. The topological polar surface area (TPSA) is 98.2 Å². The Morgan fingerprint density at radius 1 is 1.50 bits per heavy atom. The second-order valence-electron chi connectivity index (χ2n) is 4.40. The lowest BCUT2D eigenvalue weighted by atomic mass is 10.2. The van der Waals surface area contributed by atoms with Gasteiger partial charge in [0.1, 0.15) is 5.69 Å². The Labute approximate surface area is 120 Å². The summed E-state index contributed by atoms with van der Waals surface area (Å²) >= 11 is 1.59. The van der Waals surface area contributed by atoms with Crippen LogP contribution in [0.5, 0.6) is 0 Å². The molecule has 1 unspecified atom stereocenters. The van der Waals surface area contributed by atoms with Gasteiger partial charge in [-0.15, -0.1) is 11.3 Å². The maximum atomic E-state index is 11.2. The molecule has 1 atom stereocenters. The zero-order valence-corrected chi connectivity index (χ0v) is 12.2. The number of aromatic nitrogens is 2. The molecule has 0 bridgehead atoms. The van der Waals surface area contributed by atoms with Gasteiger partial charge in [-0.1, -0.05) is 6.07 Å². The number of thiophene rings is 1. The monoisotopic (exact) mass is 293 g/mol. The molecule has 2 aromatic rings. The second kappa shape index (κ2) is 5.41. The number of hydrogen-bond acceptors (Lipinski definition) is 7. The average molecular weight is 293 g/mol. The van der Waals surface area contributed by atoms with Crippen LogP contribution < -0.4 is 10.6 Å². The Bertz CT molecular complexity index is 629. The predicted molar refractivity (Wildman–Crippen MR) is 79.0 cm³/mol. The summed E-state index contributed by atoms with van der Waals surface area (Å²) in [5.74, 6) is 0.272. The van der Waals surface area contributed by atoms with Crippen LogP contribution in [0.2, 0.25) is 0 Å². The van der Waals surface area contributed by atoms with Crippen LogP contribution in [0.4, 0.5) is 17.5 Å². The predicted octanol–water partition coefficient (Wildman–Crippen LogP) is 2.53. The molecular formula is C12H15N5O2S. The van der Waals surface area contributed by atoms with Gasteiger partial charge < -0.3 is 10.6 Å². The smallest absolute Gasteiger partial charge is 0.332 e. The van der Waals surface area contributed by atoms with E-state index in [-0.39, 0.29) is 29.2 Å². The first kappa shape index (κ1) is 14.2. The van der Waals surface area contributed by atoms with Crippen molar-refractivity contribution in [2.45, 2.75) is 19.9 Å². The lowest BCUT2D eigenvalue weighted by molar-refractivity contribution is -0.385. The molecule has 0 saturated heterocycles. The van der Waals surface area contributed by atoms with Crippen LogP contribution in [0, 0.1) is 17.0 Å². The number of aryl methyl sites for hydroxylation is 1. The molecule has 0 fully saturated rings. The highest BCUT2D eigenvalue weighted by atomic mass is 32.1. The lowest BCUT2D eigenvalue weighted by Gasteiger charge is -2.25. The molecule has 0 amide bonds. The molecule has 2 aromatic heterocycles. The molecule has 2 heterocycles. The molecule has 0 aliphatic heterocycles. The summed E-state index contributed by atoms with van der Waals surface area (Å²) in [6.07, 6.45) is 0. The van der Waals surface area contributed by atoms with E-state index in [1.54, 1.807) is 30.2 Å². The van der Waals surface area contributed by atoms with Crippen molar-refractivity contribution in [1.82, 2.24) is 9.97 Å². The van der Waals surface area contributed by atoms with Gasteiger partial charge in [-0.05, 0) is 25.3 Å². The molecule has 0 aliphatic rings. The zero-order valence-electron chi connectivity index (χ0n) is 11.4. The van der Waals surface area contributed by atoms with Crippen LogP contribution in [-0.4, -0.2) is 21.9 Å². The van der Waals surface area contributed by atoms with E-state index in [1.165, 1.54) is 0 Å². The highest BCUT2D eigenvalue weighted by Gasteiger charge is 2.27. The van der Waals surface area contributed by atoms with Gasteiger partial charge in [0, 0.05) is 11.9 Å². The maximum absolute atomic E-state index is 11.2. The van der Waals surface area contributed by atoms with Crippen molar-refractivity contribution in [3.63, 3.8) is 0 Å². The van der Waals surface area contributed by atoms with Gasteiger partial charge in [0.15, 0.2) is 0 Å². The second-order valence-corrected chi connectivity index (χ2v) is 5.38. The fourth-order valence-corrected chi connectivity index (χ4v) is 2.76. The van der Waals surface area contributed by atoms with Crippen molar-refractivity contribution in [2.75, 3.05) is 17.7 Å². The van der Waals surface area contributed by atoms with E-state index >= 15 is 0 Å². The normalized spacial score (nSPS) is 12.2. The first-order valence-electron chi connectivity index (χ1n) is 5.96. The first-order valence-corrected chi connectivity index (χ1v) is 6.84. The van der Waals surface area contributed by atoms with Crippen molar-refractivity contribution in [1.29, 1.82) is 0 Å². The summed E-state index contributed by atoms with van der Waals surface area (Å²) in [4.78, 5) is 21.5. The van der Waals surface area contributed by atoms with Gasteiger partial charge in [0.05, 0.1) is 11.0 Å². The third-order valence-corrected chi connectivity index (χ3v) is 4.15. The summed E-state index contributed by atoms with van der Waals surface area (Å²) in [5.41, 5.74) is 5.78. The number of anilines is 2. The summed E-state index contributed by atoms with van der Waals surface area (Å²) < 4.78 is 0. The van der Waals surface area contributed by atoms with E-state index in [4.69, 9.17) is 5.73 Å². The highest BCUT2D eigenvalue weighted by Crippen LogP contribution is 2.34. The number of nitrogens with two attached hydrogens (primary N) is 1. The van der Waals surface area contributed by atoms with Crippen LogP contribution in [0.25, 0.3) is 0 Å². The Morgan fingerprint density at radius 3 is 2.75 bits per heavy atom. The third kappa shape index (κ3) is 2.55. The fourth-order valence-electron chi connectivity index (χ4n) is 1.94. The Hall–Kier alpha value is -2.22. The number of hydrogen-bond donors (Lipinski definition) is 1. The molecule has 7 nitrogen and oxygen atoms in total. The molecule has 0 saturated carbocycles. The minimum Gasteiger partial charge on any atom is -0.368 e.